The van der Waals surface area contributed by atoms with Crippen LogP contribution < -0.4 is 16.8 Å². The van der Waals surface area contributed by atoms with Crippen molar-refractivity contribution < 1.29 is 4.79 Å². The van der Waals surface area contributed by atoms with E-state index in [9.17, 15) is 4.79 Å². The predicted molar refractivity (Wildman–Crippen MR) is 76.4 cm³/mol. The first-order valence-electron chi connectivity index (χ1n) is 6.28. The highest BCUT2D eigenvalue weighted by molar-refractivity contribution is 5.81. The topological polar surface area (TPSA) is 107 Å². The van der Waals surface area contributed by atoms with Crippen LogP contribution in [0.15, 0.2) is 42.9 Å². The van der Waals surface area contributed by atoms with Gasteiger partial charge in [0.15, 0.2) is 0 Å². The lowest BCUT2D eigenvalue weighted by Crippen LogP contribution is -2.41. The monoisotopic (exact) mass is 271 g/mol. The van der Waals surface area contributed by atoms with Crippen molar-refractivity contribution in [1.29, 1.82) is 0 Å². The van der Waals surface area contributed by atoms with Crippen molar-refractivity contribution in [3.05, 3.63) is 54.0 Å². The minimum Gasteiger partial charge on any atom is -0.384 e. The third-order valence-corrected chi connectivity index (χ3v) is 2.86. The van der Waals surface area contributed by atoms with E-state index in [1.54, 1.807) is 24.7 Å². The van der Waals surface area contributed by atoms with E-state index in [2.05, 4.69) is 15.3 Å². The van der Waals surface area contributed by atoms with Gasteiger partial charge in [0.2, 0.25) is 5.91 Å². The highest BCUT2D eigenvalue weighted by Crippen LogP contribution is 2.02. The Labute approximate surface area is 117 Å². The summed E-state index contributed by atoms with van der Waals surface area (Å²) in [5.41, 5.74) is 13.2. The Kier molecular flexibility index (Phi) is 4.62. The molecule has 2 aromatic rings. The van der Waals surface area contributed by atoms with Crippen LogP contribution in [0.3, 0.4) is 0 Å². The van der Waals surface area contributed by atoms with Crippen LogP contribution in [-0.4, -0.2) is 21.9 Å². The van der Waals surface area contributed by atoms with Gasteiger partial charge >= 0.3 is 0 Å². The maximum Gasteiger partial charge on any atom is 0.237 e. The van der Waals surface area contributed by atoms with Gasteiger partial charge < -0.3 is 16.8 Å². The number of pyridine rings is 2. The van der Waals surface area contributed by atoms with E-state index < -0.39 is 6.04 Å². The summed E-state index contributed by atoms with van der Waals surface area (Å²) in [4.78, 5) is 19.8. The van der Waals surface area contributed by atoms with E-state index in [1.807, 2.05) is 18.2 Å². The Balaban J connectivity index is 1.83. The molecule has 0 unspecified atom stereocenters. The maximum atomic E-state index is 11.9. The summed E-state index contributed by atoms with van der Waals surface area (Å²) >= 11 is 0. The zero-order valence-corrected chi connectivity index (χ0v) is 11.0. The number of nitrogens with one attached hydrogen (secondary N) is 1. The summed E-state index contributed by atoms with van der Waals surface area (Å²) in [5, 5.41) is 2.78. The molecule has 0 spiro atoms. The standard InChI is InChI=1S/C14H17N5O/c15-12(7-10-3-5-17-6-4-10)14(20)19-9-11-1-2-13(16)18-8-11/h1-6,8,12H,7,9,15H2,(H2,16,18)(H,19,20)/t12-/m0/s1. The number of hydrogen-bond acceptors (Lipinski definition) is 5. The predicted octanol–water partition coefficient (Wildman–Crippen LogP) is 0.245. The number of amides is 1. The molecule has 0 aliphatic carbocycles. The van der Waals surface area contributed by atoms with Gasteiger partial charge in [-0.05, 0) is 35.7 Å². The highest BCUT2D eigenvalue weighted by Gasteiger charge is 2.13. The molecule has 0 aliphatic rings. The van der Waals surface area contributed by atoms with Crippen LogP contribution in [0.25, 0.3) is 0 Å². The molecule has 2 rings (SSSR count). The second-order valence-corrected chi connectivity index (χ2v) is 4.48. The molecule has 0 radical (unpaired) electrons. The first-order valence-corrected chi connectivity index (χ1v) is 6.28. The van der Waals surface area contributed by atoms with E-state index in [0.717, 1.165) is 11.1 Å². The zero-order valence-electron chi connectivity index (χ0n) is 11.0. The van der Waals surface area contributed by atoms with Crippen molar-refractivity contribution in [3.63, 3.8) is 0 Å². The number of nitrogens with zero attached hydrogens (tertiary/aromatic N) is 2. The maximum absolute atomic E-state index is 11.9. The molecular formula is C14H17N5O. The molecule has 2 aromatic heterocycles. The van der Waals surface area contributed by atoms with E-state index in [1.165, 1.54) is 0 Å². The van der Waals surface area contributed by atoms with Gasteiger partial charge in [-0.2, -0.15) is 0 Å². The molecule has 0 aromatic carbocycles. The molecule has 6 heteroatoms. The molecular weight excluding hydrogens is 254 g/mol. The molecule has 20 heavy (non-hydrogen) atoms. The smallest absolute Gasteiger partial charge is 0.237 e. The molecule has 6 nitrogen and oxygen atoms in total. The van der Waals surface area contributed by atoms with Crippen molar-refractivity contribution in [2.75, 3.05) is 5.73 Å². The molecule has 0 saturated heterocycles. The molecule has 2 heterocycles. The summed E-state index contributed by atoms with van der Waals surface area (Å²) in [6.45, 7) is 0.385. The number of hydrogen-bond donors (Lipinski definition) is 3. The Bertz CT molecular complexity index is 556. The van der Waals surface area contributed by atoms with Crippen LogP contribution in [0.5, 0.6) is 0 Å². The number of rotatable bonds is 5. The lowest BCUT2D eigenvalue weighted by atomic mass is 10.1. The molecule has 104 valence electrons. The van der Waals surface area contributed by atoms with Gasteiger partial charge in [-0.1, -0.05) is 6.07 Å². The van der Waals surface area contributed by atoms with Crippen LogP contribution in [0.4, 0.5) is 5.82 Å². The lowest BCUT2D eigenvalue weighted by Gasteiger charge is -2.12. The van der Waals surface area contributed by atoms with Gasteiger partial charge in [-0.25, -0.2) is 4.98 Å². The summed E-state index contributed by atoms with van der Waals surface area (Å²) in [5.74, 6) is 0.258. The van der Waals surface area contributed by atoms with Crippen LogP contribution in [-0.2, 0) is 17.8 Å². The Morgan fingerprint density at radius 2 is 1.95 bits per heavy atom. The van der Waals surface area contributed by atoms with E-state index >= 15 is 0 Å². The van der Waals surface area contributed by atoms with Crippen molar-refractivity contribution in [2.24, 2.45) is 5.73 Å². The zero-order chi connectivity index (χ0) is 14.4. The van der Waals surface area contributed by atoms with Crippen molar-refractivity contribution in [2.45, 2.75) is 19.0 Å². The van der Waals surface area contributed by atoms with Gasteiger partial charge in [-0.15, -0.1) is 0 Å². The molecule has 0 saturated carbocycles. The molecule has 0 fully saturated rings. The fourth-order valence-corrected chi connectivity index (χ4v) is 1.73. The lowest BCUT2D eigenvalue weighted by molar-refractivity contribution is -0.122. The SMILES string of the molecule is Nc1ccc(CNC(=O)[C@@H](N)Cc2ccncc2)cn1. The van der Waals surface area contributed by atoms with Gasteiger partial charge in [0.1, 0.15) is 5.82 Å². The van der Waals surface area contributed by atoms with Gasteiger partial charge in [0, 0.05) is 25.1 Å². The first kappa shape index (κ1) is 14.0. The van der Waals surface area contributed by atoms with Crippen molar-refractivity contribution >= 4 is 11.7 Å². The van der Waals surface area contributed by atoms with Gasteiger partial charge in [0.05, 0.1) is 6.04 Å². The number of anilines is 1. The van der Waals surface area contributed by atoms with Crippen molar-refractivity contribution in [3.8, 4) is 0 Å². The number of carbonyl (C=O) groups is 1. The highest BCUT2D eigenvalue weighted by atomic mass is 16.2. The second-order valence-electron chi connectivity index (χ2n) is 4.48. The third kappa shape index (κ3) is 4.03. The fourth-order valence-electron chi connectivity index (χ4n) is 1.73. The van der Waals surface area contributed by atoms with Crippen LogP contribution >= 0.6 is 0 Å². The van der Waals surface area contributed by atoms with Gasteiger partial charge in [0.25, 0.3) is 0 Å². The Morgan fingerprint density at radius 1 is 1.20 bits per heavy atom. The molecule has 0 bridgehead atoms. The first-order chi connectivity index (χ1) is 9.65. The summed E-state index contributed by atoms with van der Waals surface area (Å²) in [6, 6.07) is 6.61. The van der Waals surface area contributed by atoms with Gasteiger partial charge in [-0.3, -0.25) is 9.78 Å². The normalized spacial score (nSPS) is 11.8. The summed E-state index contributed by atoms with van der Waals surface area (Å²) in [7, 11) is 0. The minimum absolute atomic E-state index is 0.196. The van der Waals surface area contributed by atoms with Crippen LogP contribution in [0, 0.1) is 0 Å². The molecule has 1 atom stereocenters. The fraction of sp³-hybridized carbons (Fsp3) is 0.214. The van der Waals surface area contributed by atoms with Crippen LogP contribution in [0.2, 0.25) is 0 Å². The average molecular weight is 271 g/mol. The molecule has 0 aliphatic heterocycles. The van der Waals surface area contributed by atoms with E-state index in [-0.39, 0.29) is 5.91 Å². The van der Waals surface area contributed by atoms with E-state index in [0.29, 0.717) is 18.8 Å². The number of nitrogen functional groups attached to an aromatic ring is 1. The van der Waals surface area contributed by atoms with E-state index in [4.69, 9.17) is 11.5 Å². The average Bonchev–Trinajstić information content (AvgIpc) is 2.47. The minimum atomic E-state index is -0.584. The number of nitrogens with two attached hydrogens (primary N) is 2. The number of carbonyl (C=O) groups excluding carboxylic acids is 1. The number of aromatic nitrogens is 2. The molecule has 1 amide bonds. The third-order valence-electron chi connectivity index (χ3n) is 2.86. The second kappa shape index (κ2) is 6.63. The summed E-state index contributed by atoms with van der Waals surface area (Å²) < 4.78 is 0. The van der Waals surface area contributed by atoms with Crippen molar-refractivity contribution in [1.82, 2.24) is 15.3 Å². The molecule has 5 N–H and O–H groups in total. The Morgan fingerprint density at radius 3 is 2.60 bits per heavy atom. The quantitative estimate of drug-likeness (QED) is 0.722. The van der Waals surface area contributed by atoms with Crippen LogP contribution in [0.1, 0.15) is 11.1 Å². The Hall–Kier alpha value is -2.47. The largest absolute Gasteiger partial charge is 0.384 e. The summed E-state index contributed by atoms with van der Waals surface area (Å²) in [6.07, 6.45) is 5.47.